The predicted molar refractivity (Wildman–Crippen MR) is 171 cm³/mol. The van der Waals surface area contributed by atoms with E-state index in [2.05, 4.69) is 147 Å². The largest absolute Gasteiger partial charge is 0.0622 e. The van der Waals surface area contributed by atoms with Gasteiger partial charge in [0.2, 0.25) is 0 Å². The average Bonchev–Trinajstić information content (AvgIpc) is 3.24. The molecule has 0 radical (unpaired) electrons. The zero-order valence-corrected chi connectivity index (χ0v) is 22.9. The van der Waals surface area contributed by atoms with Gasteiger partial charge in [0, 0.05) is 5.41 Å². The van der Waals surface area contributed by atoms with E-state index in [1.54, 1.807) is 0 Å². The Bertz CT molecular complexity index is 2090. The predicted octanol–water partition coefficient (Wildman–Crippen LogP) is 10.7. The molecular weight excluding hydrogens is 480 g/mol. The van der Waals surface area contributed by atoms with Crippen molar-refractivity contribution in [2.45, 2.75) is 25.7 Å². The standard InChI is InChI=1S/C40H30/c1-40(2)36-25-35(28-16-12-15-27(24-28)23-26-13-4-3-5-14-26)31-19-7-9-20-32(31)37(36)38-33-21-10-6-17-29(33)30-18-8-11-22-34(30)39(38)40/h3-22,24-25H,23H2,1-2H3. The van der Waals surface area contributed by atoms with Crippen molar-refractivity contribution in [3.05, 3.63) is 156 Å². The van der Waals surface area contributed by atoms with Crippen LogP contribution in [0.25, 0.3) is 54.6 Å². The lowest BCUT2D eigenvalue weighted by atomic mass is 9.78. The molecular formula is C40H30. The van der Waals surface area contributed by atoms with Gasteiger partial charge in [0.15, 0.2) is 0 Å². The highest BCUT2D eigenvalue weighted by Crippen LogP contribution is 2.57. The van der Waals surface area contributed by atoms with Crippen molar-refractivity contribution in [3.63, 3.8) is 0 Å². The summed E-state index contributed by atoms with van der Waals surface area (Å²) in [6.07, 6.45) is 0.937. The van der Waals surface area contributed by atoms with Crippen LogP contribution in [0.1, 0.15) is 36.1 Å². The number of hydrogen-bond donors (Lipinski definition) is 0. The fraction of sp³-hybridized carbons (Fsp3) is 0.100. The second-order valence-corrected chi connectivity index (χ2v) is 11.7. The highest BCUT2D eigenvalue weighted by Gasteiger charge is 2.40. The van der Waals surface area contributed by atoms with E-state index in [4.69, 9.17) is 0 Å². The minimum absolute atomic E-state index is 0.130. The molecule has 0 heterocycles. The van der Waals surface area contributed by atoms with Gasteiger partial charge in [-0.15, -0.1) is 0 Å². The molecule has 1 aliphatic carbocycles. The van der Waals surface area contributed by atoms with Crippen LogP contribution in [0.15, 0.2) is 133 Å². The van der Waals surface area contributed by atoms with E-state index in [9.17, 15) is 0 Å². The molecule has 0 saturated heterocycles. The molecule has 0 aliphatic heterocycles. The summed E-state index contributed by atoms with van der Waals surface area (Å²) >= 11 is 0. The van der Waals surface area contributed by atoms with E-state index in [0.29, 0.717) is 0 Å². The molecule has 40 heavy (non-hydrogen) atoms. The first-order valence-electron chi connectivity index (χ1n) is 14.2. The third-order valence-electron chi connectivity index (χ3n) is 9.01. The molecule has 0 fully saturated rings. The molecule has 190 valence electrons. The fourth-order valence-corrected chi connectivity index (χ4v) is 7.24. The second-order valence-electron chi connectivity index (χ2n) is 11.7. The first-order valence-corrected chi connectivity index (χ1v) is 14.2. The summed E-state index contributed by atoms with van der Waals surface area (Å²) in [6.45, 7) is 4.84. The molecule has 7 aromatic rings. The Morgan fingerprint density at radius 3 is 1.73 bits per heavy atom. The average molecular weight is 511 g/mol. The quantitative estimate of drug-likeness (QED) is 0.207. The molecule has 0 heteroatoms. The van der Waals surface area contributed by atoms with Crippen LogP contribution in [-0.4, -0.2) is 0 Å². The number of hydrogen-bond acceptors (Lipinski definition) is 0. The van der Waals surface area contributed by atoms with Crippen LogP contribution in [0.3, 0.4) is 0 Å². The second kappa shape index (κ2) is 8.66. The van der Waals surface area contributed by atoms with Crippen LogP contribution in [0.5, 0.6) is 0 Å². The van der Waals surface area contributed by atoms with Gasteiger partial charge >= 0.3 is 0 Å². The SMILES string of the molecule is CC1(C)c2cc(-c3cccc(Cc4ccccc4)c3)c3ccccc3c2-c2c1c1ccccc1c1ccccc21. The van der Waals surface area contributed by atoms with Gasteiger partial charge < -0.3 is 0 Å². The van der Waals surface area contributed by atoms with Gasteiger partial charge in [-0.3, -0.25) is 0 Å². The van der Waals surface area contributed by atoms with Crippen molar-refractivity contribution in [1.29, 1.82) is 0 Å². The molecule has 0 amide bonds. The summed E-state index contributed by atoms with van der Waals surface area (Å²) < 4.78 is 0. The molecule has 0 spiro atoms. The van der Waals surface area contributed by atoms with E-state index < -0.39 is 0 Å². The highest BCUT2D eigenvalue weighted by molar-refractivity contribution is 6.22. The lowest BCUT2D eigenvalue weighted by Crippen LogP contribution is -2.16. The highest BCUT2D eigenvalue weighted by atomic mass is 14.4. The Morgan fingerprint density at radius 2 is 1.00 bits per heavy atom. The molecule has 0 saturated carbocycles. The maximum Gasteiger partial charge on any atom is 0.0165 e. The number of benzene rings is 7. The lowest BCUT2D eigenvalue weighted by Gasteiger charge is -2.25. The molecule has 1 aliphatic rings. The van der Waals surface area contributed by atoms with Gasteiger partial charge in [0.25, 0.3) is 0 Å². The first kappa shape index (κ1) is 23.2. The fourth-order valence-electron chi connectivity index (χ4n) is 7.24. The molecule has 0 aromatic heterocycles. The van der Waals surface area contributed by atoms with E-state index in [1.807, 2.05) is 0 Å². The Kier molecular flexibility index (Phi) is 5.03. The smallest absolute Gasteiger partial charge is 0.0165 e. The summed E-state index contributed by atoms with van der Waals surface area (Å²) in [4.78, 5) is 0. The molecule has 0 atom stereocenters. The molecule has 0 N–H and O–H groups in total. The van der Waals surface area contributed by atoms with E-state index in [0.717, 1.165) is 6.42 Å². The van der Waals surface area contributed by atoms with Crippen LogP contribution in [0.4, 0.5) is 0 Å². The van der Waals surface area contributed by atoms with Crippen molar-refractivity contribution in [1.82, 2.24) is 0 Å². The number of rotatable bonds is 3. The third kappa shape index (κ3) is 3.32. The summed E-state index contributed by atoms with van der Waals surface area (Å²) in [5, 5.41) is 8.06. The monoisotopic (exact) mass is 510 g/mol. The summed E-state index contributed by atoms with van der Waals surface area (Å²) in [5.74, 6) is 0. The Balaban J connectivity index is 1.43. The number of fused-ring (bicyclic) bond motifs is 10. The van der Waals surface area contributed by atoms with Crippen molar-refractivity contribution in [2.24, 2.45) is 0 Å². The first-order chi connectivity index (χ1) is 19.6. The van der Waals surface area contributed by atoms with Crippen molar-refractivity contribution in [2.75, 3.05) is 0 Å². The Morgan fingerprint density at radius 1 is 0.450 bits per heavy atom. The molecule has 7 aromatic carbocycles. The van der Waals surface area contributed by atoms with Crippen molar-refractivity contribution < 1.29 is 0 Å². The minimum atomic E-state index is -0.130. The van der Waals surface area contributed by atoms with Gasteiger partial charge in [-0.2, -0.15) is 0 Å². The third-order valence-corrected chi connectivity index (χ3v) is 9.01. The molecule has 0 nitrogen and oxygen atoms in total. The van der Waals surface area contributed by atoms with Gasteiger partial charge in [-0.05, 0) is 89.3 Å². The van der Waals surface area contributed by atoms with Gasteiger partial charge in [-0.25, -0.2) is 0 Å². The summed E-state index contributed by atoms with van der Waals surface area (Å²) in [7, 11) is 0. The van der Waals surface area contributed by atoms with Crippen LogP contribution < -0.4 is 0 Å². The van der Waals surface area contributed by atoms with Crippen LogP contribution in [0.2, 0.25) is 0 Å². The van der Waals surface area contributed by atoms with Crippen LogP contribution in [0, 0.1) is 0 Å². The molecule has 8 rings (SSSR count). The van der Waals surface area contributed by atoms with Crippen LogP contribution in [-0.2, 0) is 11.8 Å². The van der Waals surface area contributed by atoms with Gasteiger partial charge in [0.05, 0.1) is 0 Å². The maximum absolute atomic E-state index is 2.50. The van der Waals surface area contributed by atoms with Gasteiger partial charge in [0.1, 0.15) is 0 Å². The minimum Gasteiger partial charge on any atom is -0.0622 e. The zero-order chi connectivity index (χ0) is 26.8. The Labute approximate surface area is 235 Å². The molecule has 0 unspecified atom stereocenters. The lowest BCUT2D eigenvalue weighted by molar-refractivity contribution is 0.667. The topological polar surface area (TPSA) is 0 Å². The molecule has 0 bridgehead atoms. The summed E-state index contributed by atoms with van der Waals surface area (Å²) in [6, 6.07) is 49.4. The normalized spacial score (nSPS) is 13.6. The van der Waals surface area contributed by atoms with Crippen molar-refractivity contribution in [3.8, 4) is 22.3 Å². The zero-order valence-electron chi connectivity index (χ0n) is 22.9. The van der Waals surface area contributed by atoms with E-state index in [1.165, 1.54) is 76.8 Å². The van der Waals surface area contributed by atoms with Crippen LogP contribution >= 0.6 is 0 Å². The van der Waals surface area contributed by atoms with Gasteiger partial charge in [-0.1, -0.05) is 141 Å². The summed E-state index contributed by atoms with van der Waals surface area (Å²) in [5.41, 5.74) is 10.9. The Hall–Kier alpha value is -4.68. The van der Waals surface area contributed by atoms with E-state index in [-0.39, 0.29) is 5.41 Å². The van der Waals surface area contributed by atoms with Crippen molar-refractivity contribution >= 4 is 32.3 Å². The maximum atomic E-state index is 2.50. The van der Waals surface area contributed by atoms with E-state index >= 15 is 0 Å².